The van der Waals surface area contributed by atoms with Gasteiger partial charge in [0.1, 0.15) is 0 Å². The van der Waals surface area contributed by atoms with Crippen molar-refractivity contribution >= 4 is 38.3 Å². The van der Waals surface area contributed by atoms with Gasteiger partial charge in [-0.2, -0.15) is 0 Å². The molecular formula is C17H21BrN2OS. The van der Waals surface area contributed by atoms with Crippen LogP contribution in [0.15, 0.2) is 34.1 Å². The Labute approximate surface area is 144 Å². The topological polar surface area (TPSA) is 33.2 Å². The summed E-state index contributed by atoms with van der Waals surface area (Å²) in [7, 11) is 0. The van der Waals surface area contributed by atoms with E-state index in [1.807, 2.05) is 34.5 Å². The SMILES string of the molecule is CCCN(C(=O)CC(C)C)c1nc(-c2ccc(Br)cc2)cs1. The monoisotopic (exact) mass is 380 g/mol. The first-order chi connectivity index (χ1) is 10.5. The summed E-state index contributed by atoms with van der Waals surface area (Å²) < 4.78 is 1.05. The van der Waals surface area contributed by atoms with Crippen LogP contribution in [0.5, 0.6) is 0 Å². The van der Waals surface area contributed by atoms with Gasteiger partial charge in [-0.1, -0.05) is 48.8 Å². The molecular weight excluding hydrogens is 360 g/mol. The second-order valence-electron chi connectivity index (χ2n) is 5.67. The highest BCUT2D eigenvalue weighted by Crippen LogP contribution is 2.29. The average Bonchev–Trinajstić information content (AvgIpc) is 2.94. The van der Waals surface area contributed by atoms with Crippen LogP contribution < -0.4 is 4.90 Å². The number of aromatic nitrogens is 1. The van der Waals surface area contributed by atoms with Crippen LogP contribution in [0.2, 0.25) is 0 Å². The number of hydrogen-bond donors (Lipinski definition) is 0. The molecule has 1 aromatic carbocycles. The molecule has 0 fully saturated rings. The van der Waals surface area contributed by atoms with Crippen molar-refractivity contribution in [3.8, 4) is 11.3 Å². The Morgan fingerprint density at radius 3 is 2.59 bits per heavy atom. The first-order valence-corrected chi connectivity index (χ1v) is 9.20. The normalized spacial score (nSPS) is 11.0. The molecule has 3 nitrogen and oxygen atoms in total. The van der Waals surface area contributed by atoms with Crippen LogP contribution in [-0.4, -0.2) is 17.4 Å². The summed E-state index contributed by atoms with van der Waals surface area (Å²) in [6, 6.07) is 8.07. The van der Waals surface area contributed by atoms with Gasteiger partial charge >= 0.3 is 0 Å². The maximum atomic E-state index is 12.4. The summed E-state index contributed by atoms with van der Waals surface area (Å²) in [5.41, 5.74) is 1.99. The van der Waals surface area contributed by atoms with Gasteiger partial charge in [0.25, 0.3) is 0 Å². The summed E-state index contributed by atoms with van der Waals surface area (Å²) >= 11 is 4.97. The van der Waals surface area contributed by atoms with Crippen LogP contribution in [0.4, 0.5) is 5.13 Å². The number of nitrogens with zero attached hydrogens (tertiary/aromatic N) is 2. The highest BCUT2D eigenvalue weighted by Gasteiger charge is 2.19. The van der Waals surface area contributed by atoms with Gasteiger partial charge in [0.05, 0.1) is 5.69 Å². The molecule has 0 spiro atoms. The third kappa shape index (κ3) is 4.40. The number of carbonyl (C=O) groups excluding carboxylic acids is 1. The van der Waals surface area contributed by atoms with Gasteiger partial charge < -0.3 is 0 Å². The van der Waals surface area contributed by atoms with Crippen LogP contribution in [-0.2, 0) is 4.79 Å². The predicted molar refractivity (Wildman–Crippen MR) is 97.3 cm³/mol. The number of carbonyl (C=O) groups is 1. The van der Waals surface area contributed by atoms with Gasteiger partial charge in [-0.15, -0.1) is 11.3 Å². The molecule has 0 bridgehead atoms. The Hall–Kier alpha value is -1.20. The van der Waals surface area contributed by atoms with E-state index in [2.05, 4.69) is 41.7 Å². The standard InChI is InChI=1S/C17H21BrN2OS/c1-4-9-20(16(21)10-12(2)3)17-19-15(11-22-17)13-5-7-14(18)8-6-13/h5-8,11-12H,4,9-10H2,1-3H3. The first-order valence-electron chi connectivity index (χ1n) is 7.53. The summed E-state index contributed by atoms with van der Waals surface area (Å²) in [5, 5.41) is 2.81. The van der Waals surface area contributed by atoms with Gasteiger partial charge in [-0.25, -0.2) is 4.98 Å². The molecule has 22 heavy (non-hydrogen) atoms. The van der Waals surface area contributed by atoms with E-state index in [1.54, 1.807) is 0 Å². The molecule has 0 saturated carbocycles. The molecule has 5 heteroatoms. The van der Waals surface area contributed by atoms with Crippen LogP contribution in [0, 0.1) is 5.92 Å². The highest BCUT2D eigenvalue weighted by molar-refractivity contribution is 9.10. The Bertz CT molecular complexity index is 622. The number of thiazole rings is 1. The van der Waals surface area contributed by atoms with Crippen LogP contribution in [0.3, 0.4) is 0 Å². The molecule has 0 aliphatic heterocycles. The number of benzene rings is 1. The minimum atomic E-state index is 0.161. The number of hydrogen-bond acceptors (Lipinski definition) is 3. The average molecular weight is 381 g/mol. The molecule has 0 aliphatic rings. The minimum Gasteiger partial charge on any atom is -0.288 e. The molecule has 1 aromatic heterocycles. The van der Waals surface area contributed by atoms with Crippen molar-refractivity contribution in [3.63, 3.8) is 0 Å². The Balaban J connectivity index is 2.22. The lowest BCUT2D eigenvalue weighted by atomic mass is 10.1. The summed E-state index contributed by atoms with van der Waals surface area (Å²) in [5.74, 6) is 0.520. The zero-order valence-electron chi connectivity index (χ0n) is 13.2. The zero-order chi connectivity index (χ0) is 16.1. The lowest BCUT2D eigenvalue weighted by Gasteiger charge is -2.20. The maximum Gasteiger partial charge on any atom is 0.229 e. The molecule has 2 rings (SSSR count). The third-order valence-electron chi connectivity index (χ3n) is 3.19. The Kier molecular flexibility index (Phi) is 6.15. The molecule has 0 radical (unpaired) electrons. The molecule has 118 valence electrons. The van der Waals surface area contributed by atoms with Crippen LogP contribution in [0.25, 0.3) is 11.3 Å². The highest BCUT2D eigenvalue weighted by atomic mass is 79.9. The second-order valence-corrected chi connectivity index (χ2v) is 7.42. The van der Waals surface area contributed by atoms with Crippen molar-refractivity contribution in [2.24, 2.45) is 5.92 Å². The van der Waals surface area contributed by atoms with E-state index in [0.29, 0.717) is 12.3 Å². The Morgan fingerprint density at radius 2 is 2.00 bits per heavy atom. The fourth-order valence-electron chi connectivity index (χ4n) is 2.15. The molecule has 2 aromatic rings. The van der Waals surface area contributed by atoms with E-state index in [-0.39, 0.29) is 5.91 Å². The van der Waals surface area contributed by atoms with Gasteiger partial charge in [0, 0.05) is 28.4 Å². The quantitative estimate of drug-likeness (QED) is 0.675. The first kappa shape index (κ1) is 17.2. The van der Waals surface area contributed by atoms with E-state index in [4.69, 9.17) is 0 Å². The lowest BCUT2D eigenvalue weighted by Crippen LogP contribution is -2.32. The predicted octanol–water partition coefficient (Wildman–Crippen LogP) is 5.36. The fourth-order valence-corrected chi connectivity index (χ4v) is 3.29. The smallest absolute Gasteiger partial charge is 0.229 e. The largest absolute Gasteiger partial charge is 0.288 e. The zero-order valence-corrected chi connectivity index (χ0v) is 15.6. The fraction of sp³-hybridized carbons (Fsp3) is 0.412. The summed E-state index contributed by atoms with van der Waals surface area (Å²) in [6.07, 6.45) is 1.49. The number of amides is 1. The number of rotatable bonds is 6. The lowest BCUT2D eigenvalue weighted by molar-refractivity contribution is -0.119. The van der Waals surface area contributed by atoms with Crippen molar-refractivity contribution in [2.45, 2.75) is 33.6 Å². The molecule has 0 atom stereocenters. The molecule has 0 N–H and O–H groups in total. The molecule has 0 saturated heterocycles. The van der Waals surface area contributed by atoms with Gasteiger partial charge in [0.15, 0.2) is 5.13 Å². The van der Waals surface area contributed by atoms with Crippen molar-refractivity contribution in [3.05, 3.63) is 34.1 Å². The molecule has 0 aliphatic carbocycles. The van der Waals surface area contributed by atoms with Gasteiger partial charge in [-0.05, 0) is 24.5 Å². The minimum absolute atomic E-state index is 0.161. The van der Waals surface area contributed by atoms with E-state index < -0.39 is 0 Å². The maximum absolute atomic E-state index is 12.4. The van der Waals surface area contributed by atoms with Crippen LogP contribution in [0.1, 0.15) is 33.6 Å². The van der Waals surface area contributed by atoms with Gasteiger partial charge in [0.2, 0.25) is 5.91 Å². The van der Waals surface area contributed by atoms with Crippen molar-refractivity contribution < 1.29 is 4.79 Å². The summed E-state index contributed by atoms with van der Waals surface area (Å²) in [6.45, 7) is 6.94. The van der Waals surface area contributed by atoms with Crippen molar-refractivity contribution in [2.75, 3.05) is 11.4 Å². The third-order valence-corrected chi connectivity index (χ3v) is 4.59. The number of anilines is 1. The molecule has 1 heterocycles. The Morgan fingerprint density at radius 1 is 1.32 bits per heavy atom. The second kappa shape index (κ2) is 7.88. The van der Waals surface area contributed by atoms with E-state index in [9.17, 15) is 4.79 Å². The molecule has 0 unspecified atom stereocenters. The van der Waals surface area contributed by atoms with Crippen molar-refractivity contribution in [1.82, 2.24) is 4.98 Å². The molecule has 1 amide bonds. The summed E-state index contributed by atoms with van der Waals surface area (Å²) in [4.78, 5) is 18.9. The van der Waals surface area contributed by atoms with E-state index >= 15 is 0 Å². The number of halogens is 1. The van der Waals surface area contributed by atoms with Gasteiger partial charge in [-0.3, -0.25) is 9.69 Å². The van der Waals surface area contributed by atoms with E-state index in [1.165, 1.54) is 11.3 Å². The van der Waals surface area contributed by atoms with E-state index in [0.717, 1.165) is 33.8 Å². The van der Waals surface area contributed by atoms with Crippen molar-refractivity contribution in [1.29, 1.82) is 0 Å². The van der Waals surface area contributed by atoms with Crippen LogP contribution >= 0.6 is 27.3 Å².